The highest BCUT2D eigenvalue weighted by molar-refractivity contribution is 7.09. The van der Waals surface area contributed by atoms with Crippen LogP contribution in [0.3, 0.4) is 0 Å². The molecule has 78 valence electrons. The Balaban J connectivity index is 2.59. The molecule has 0 spiro atoms. The van der Waals surface area contributed by atoms with Crippen LogP contribution in [0, 0.1) is 13.8 Å². The summed E-state index contributed by atoms with van der Waals surface area (Å²) in [6.07, 6.45) is 0. The number of thiazole rings is 1. The van der Waals surface area contributed by atoms with E-state index in [2.05, 4.69) is 4.98 Å². The van der Waals surface area contributed by atoms with E-state index in [1.165, 1.54) is 11.3 Å². The van der Waals surface area contributed by atoms with E-state index < -0.39 is 0 Å². The number of aromatic nitrogens is 1. The van der Waals surface area contributed by atoms with E-state index in [4.69, 9.17) is 11.6 Å². The number of nitrogens with one attached hydrogen (secondary N) is 1. The summed E-state index contributed by atoms with van der Waals surface area (Å²) < 4.78 is 0. The molecule has 15 heavy (non-hydrogen) atoms. The van der Waals surface area contributed by atoms with Crippen LogP contribution in [0.5, 0.6) is 0 Å². The average Bonchev–Trinajstić information content (AvgIpc) is 2.50. The second kappa shape index (κ2) is 3.83. The second-order valence-corrected chi connectivity index (χ2v) is 5.00. The minimum absolute atomic E-state index is 0.0184. The first-order valence-electron chi connectivity index (χ1n) is 4.54. The molecule has 0 radical (unpaired) electrons. The third-order valence-electron chi connectivity index (χ3n) is 2.27. The van der Waals surface area contributed by atoms with Crippen LogP contribution in [0.25, 0.3) is 11.3 Å². The number of halogens is 1. The van der Waals surface area contributed by atoms with Gasteiger partial charge in [-0.3, -0.25) is 4.79 Å². The molecule has 2 rings (SSSR count). The fraction of sp³-hybridized carbons (Fsp3) is 0.182. The quantitative estimate of drug-likeness (QED) is 0.813. The maximum Gasteiger partial charge on any atom is 0.305 e. The zero-order chi connectivity index (χ0) is 11.0. The summed E-state index contributed by atoms with van der Waals surface area (Å²) in [6.45, 7) is 3.88. The molecule has 0 bridgehead atoms. The Bertz CT molecular complexity index is 556. The lowest BCUT2D eigenvalue weighted by atomic mass is 10.1. The molecule has 1 N–H and O–H groups in total. The van der Waals surface area contributed by atoms with Crippen molar-refractivity contribution in [2.24, 2.45) is 0 Å². The number of hydrogen-bond acceptors (Lipinski definition) is 2. The second-order valence-electron chi connectivity index (χ2n) is 3.41. The summed E-state index contributed by atoms with van der Waals surface area (Å²) in [7, 11) is 0. The summed E-state index contributed by atoms with van der Waals surface area (Å²) in [6, 6.07) is 5.75. The molecule has 0 saturated carbocycles. The number of rotatable bonds is 1. The van der Waals surface area contributed by atoms with Crippen LogP contribution in [0.4, 0.5) is 0 Å². The number of aryl methyl sites for hydroxylation is 2. The van der Waals surface area contributed by atoms with Gasteiger partial charge in [0.1, 0.15) is 0 Å². The third kappa shape index (κ3) is 1.98. The number of aromatic amines is 1. The number of benzene rings is 1. The van der Waals surface area contributed by atoms with E-state index in [9.17, 15) is 4.79 Å². The predicted molar refractivity (Wildman–Crippen MR) is 64.9 cm³/mol. The molecular weight excluding hydrogens is 230 g/mol. The normalized spacial score (nSPS) is 10.6. The van der Waals surface area contributed by atoms with Crippen LogP contribution in [0.2, 0.25) is 5.02 Å². The summed E-state index contributed by atoms with van der Waals surface area (Å²) in [5, 5.41) is 0.744. The van der Waals surface area contributed by atoms with Crippen LogP contribution < -0.4 is 4.87 Å². The smallest absolute Gasteiger partial charge is 0.305 e. The van der Waals surface area contributed by atoms with Crippen molar-refractivity contribution < 1.29 is 0 Å². The topological polar surface area (TPSA) is 32.9 Å². The van der Waals surface area contributed by atoms with Gasteiger partial charge in [-0.25, -0.2) is 0 Å². The molecule has 0 aliphatic rings. The first-order chi connectivity index (χ1) is 7.08. The van der Waals surface area contributed by atoms with Crippen LogP contribution in [-0.2, 0) is 0 Å². The van der Waals surface area contributed by atoms with Gasteiger partial charge >= 0.3 is 4.87 Å². The minimum Gasteiger partial charge on any atom is -0.312 e. The van der Waals surface area contributed by atoms with E-state index >= 15 is 0 Å². The summed E-state index contributed by atoms with van der Waals surface area (Å²) in [4.78, 5) is 15.0. The van der Waals surface area contributed by atoms with E-state index in [1.54, 1.807) is 0 Å². The lowest BCUT2D eigenvalue weighted by molar-refractivity contribution is 1.31. The predicted octanol–water partition coefficient (Wildman–Crippen LogP) is 3.37. The summed E-state index contributed by atoms with van der Waals surface area (Å²) in [5.41, 5.74) is 2.91. The van der Waals surface area contributed by atoms with Crippen molar-refractivity contribution in [3.63, 3.8) is 0 Å². The Kier molecular flexibility index (Phi) is 2.67. The van der Waals surface area contributed by atoms with Gasteiger partial charge in [-0.1, -0.05) is 29.0 Å². The standard InChI is InChI=1S/C11H10ClNOS/c1-6-5-8(3-4-9(6)12)10-7(2)15-11(14)13-10/h3-5H,1-2H3,(H,13,14). The molecule has 0 aliphatic carbocycles. The monoisotopic (exact) mass is 239 g/mol. The van der Waals surface area contributed by atoms with Crippen molar-refractivity contribution in [2.75, 3.05) is 0 Å². The zero-order valence-electron chi connectivity index (χ0n) is 8.43. The van der Waals surface area contributed by atoms with Gasteiger partial charge in [-0.15, -0.1) is 0 Å². The minimum atomic E-state index is -0.0184. The van der Waals surface area contributed by atoms with Gasteiger partial charge in [-0.2, -0.15) is 0 Å². The highest BCUT2D eigenvalue weighted by Gasteiger charge is 2.07. The maximum atomic E-state index is 11.2. The van der Waals surface area contributed by atoms with Crippen LogP contribution in [-0.4, -0.2) is 4.98 Å². The van der Waals surface area contributed by atoms with E-state index in [1.807, 2.05) is 32.0 Å². The van der Waals surface area contributed by atoms with Crippen molar-refractivity contribution in [3.05, 3.63) is 43.3 Å². The molecule has 0 amide bonds. The van der Waals surface area contributed by atoms with Crippen LogP contribution in [0.1, 0.15) is 10.4 Å². The molecule has 0 aliphatic heterocycles. The van der Waals surface area contributed by atoms with Crippen molar-refractivity contribution in [2.45, 2.75) is 13.8 Å². The first kappa shape index (κ1) is 10.5. The number of H-pyrrole nitrogens is 1. The highest BCUT2D eigenvalue weighted by atomic mass is 35.5. The number of hydrogen-bond donors (Lipinski definition) is 1. The van der Waals surface area contributed by atoms with Crippen LogP contribution >= 0.6 is 22.9 Å². The van der Waals surface area contributed by atoms with Gasteiger partial charge in [0.15, 0.2) is 0 Å². The van der Waals surface area contributed by atoms with Gasteiger partial charge < -0.3 is 4.98 Å². The molecule has 2 aromatic rings. The molecule has 0 fully saturated rings. The summed E-state index contributed by atoms with van der Waals surface area (Å²) in [5.74, 6) is 0. The van der Waals surface area contributed by atoms with Crippen molar-refractivity contribution in [1.29, 1.82) is 0 Å². The zero-order valence-corrected chi connectivity index (χ0v) is 10.00. The molecular formula is C11H10ClNOS. The Morgan fingerprint density at radius 3 is 2.60 bits per heavy atom. The Morgan fingerprint density at radius 1 is 1.33 bits per heavy atom. The molecule has 2 nitrogen and oxygen atoms in total. The Labute approximate surface area is 96.5 Å². The molecule has 1 heterocycles. The Morgan fingerprint density at radius 2 is 2.07 bits per heavy atom. The highest BCUT2D eigenvalue weighted by Crippen LogP contribution is 2.26. The molecule has 1 aromatic heterocycles. The van der Waals surface area contributed by atoms with E-state index in [0.717, 1.165) is 26.7 Å². The van der Waals surface area contributed by atoms with Crippen molar-refractivity contribution in [3.8, 4) is 11.3 Å². The third-order valence-corrected chi connectivity index (χ3v) is 3.49. The average molecular weight is 240 g/mol. The van der Waals surface area contributed by atoms with Crippen molar-refractivity contribution >= 4 is 22.9 Å². The summed E-state index contributed by atoms with van der Waals surface area (Å²) >= 11 is 7.17. The van der Waals surface area contributed by atoms with Gasteiger partial charge in [0.25, 0.3) is 0 Å². The van der Waals surface area contributed by atoms with Gasteiger partial charge in [-0.05, 0) is 37.1 Å². The van der Waals surface area contributed by atoms with E-state index in [-0.39, 0.29) is 4.87 Å². The first-order valence-corrected chi connectivity index (χ1v) is 5.73. The van der Waals surface area contributed by atoms with Crippen molar-refractivity contribution in [1.82, 2.24) is 4.98 Å². The van der Waals surface area contributed by atoms with Gasteiger partial charge in [0.2, 0.25) is 0 Å². The van der Waals surface area contributed by atoms with Gasteiger partial charge in [0, 0.05) is 9.90 Å². The molecule has 0 atom stereocenters. The van der Waals surface area contributed by atoms with E-state index in [0.29, 0.717) is 0 Å². The Hall–Kier alpha value is -1.06. The fourth-order valence-electron chi connectivity index (χ4n) is 1.48. The lowest BCUT2D eigenvalue weighted by Crippen LogP contribution is -1.92. The lowest BCUT2D eigenvalue weighted by Gasteiger charge is -2.02. The fourth-order valence-corrected chi connectivity index (χ4v) is 2.30. The molecule has 4 heteroatoms. The molecule has 1 aromatic carbocycles. The molecule has 0 unspecified atom stereocenters. The largest absolute Gasteiger partial charge is 0.312 e. The van der Waals surface area contributed by atoms with Gasteiger partial charge in [0.05, 0.1) is 5.69 Å². The molecule has 0 saturated heterocycles. The maximum absolute atomic E-state index is 11.2. The van der Waals surface area contributed by atoms with Crippen LogP contribution in [0.15, 0.2) is 23.0 Å². The SMILES string of the molecule is Cc1cc(-c2[nH]c(=O)sc2C)ccc1Cl.